The first-order chi connectivity index (χ1) is 8.78. The monoisotopic (exact) mass is 252 g/mol. The molecule has 18 heavy (non-hydrogen) atoms. The first-order valence-corrected chi connectivity index (χ1v) is 8.20. The van der Waals surface area contributed by atoms with Crippen LogP contribution in [-0.2, 0) is 0 Å². The molecule has 1 saturated heterocycles. The van der Waals surface area contributed by atoms with E-state index in [0.29, 0.717) is 5.41 Å². The summed E-state index contributed by atoms with van der Waals surface area (Å²) in [6.45, 7) is 7.23. The molecule has 1 aliphatic heterocycles. The molecule has 0 amide bonds. The summed E-state index contributed by atoms with van der Waals surface area (Å²) in [4.78, 5) is 2.70. The van der Waals surface area contributed by atoms with Gasteiger partial charge in [-0.05, 0) is 63.1 Å². The van der Waals surface area contributed by atoms with Crippen LogP contribution in [0.2, 0.25) is 0 Å². The van der Waals surface area contributed by atoms with Crippen LogP contribution in [0.5, 0.6) is 0 Å². The van der Waals surface area contributed by atoms with Crippen molar-refractivity contribution in [1.82, 2.24) is 4.90 Å². The summed E-state index contributed by atoms with van der Waals surface area (Å²) in [5, 5.41) is 0. The van der Waals surface area contributed by atoms with Gasteiger partial charge in [0.2, 0.25) is 0 Å². The first-order valence-electron chi connectivity index (χ1n) is 8.20. The standard InChI is InChI=1S/C16H32N2/c1-2-6-15-7-11-18(13-15)12-10-16(14-17)8-4-3-5-9-16/h15H,2-14,17H2,1H3. The third kappa shape index (κ3) is 3.71. The average molecular weight is 252 g/mol. The molecule has 1 unspecified atom stereocenters. The van der Waals surface area contributed by atoms with Crippen molar-refractivity contribution >= 4 is 0 Å². The Morgan fingerprint density at radius 3 is 2.67 bits per heavy atom. The lowest BCUT2D eigenvalue weighted by atomic mass is 9.72. The van der Waals surface area contributed by atoms with Crippen molar-refractivity contribution in [2.75, 3.05) is 26.2 Å². The van der Waals surface area contributed by atoms with Gasteiger partial charge in [-0.15, -0.1) is 0 Å². The van der Waals surface area contributed by atoms with E-state index in [1.54, 1.807) is 0 Å². The number of nitrogens with two attached hydrogens (primary N) is 1. The van der Waals surface area contributed by atoms with Crippen LogP contribution >= 0.6 is 0 Å². The van der Waals surface area contributed by atoms with Gasteiger partial charge in [-0.25, -0.2) is 0 Å². The van der Waals surface area contributed by atoms with E-state index >= 15 is 0 Å². The maximum atomic E-state index is 6.08. The van der Waals surface area contributed by atoms with Gasteiger partial charge in [-0.2, -0.15) is 0 Å². The lowest BCUT2D eigenvalue weighted by molar-refractivity contribution is 0.154. The van der Waals surface area contributed by atoms with Gasteiger partial charge in [0.25, 0.3) is 0 Å². The Hall–Kier alpha value is -0.0800. The molecular weight excluding hydrogens is 220 g/mol. The maximum Gasteiger partial charge on any atom is 0.00101 e. The van der Waals surface area contributed by atoms with Crippen LogP contribution < -0.4 is 5.73 Å². The van der Waals surface area contributed by atoms with E-state index in [1.807, 2.05) is 0 Å². The first kappa shape index (κ1) is 14.3. The molecule has 0 aromatic carbocycles. The van der Waals surface area contributed by atoms with Gasteiger partial charge in [0, 0.05) is 6.54 Å². The Morgan fingerprint density at radius 1 is 1.22 bits per heavy atom. The summed E-state index contributed by atoms with van der Waals surface area (Å²) in [7, 11) is 0. The summed E-state index contributed by atoms with van der Waals surface area (Å²) >= 11 is 0. The van der Waals surface area contributed by atoms with Gasteiger partial charge in [0.05, 0.1) is 0 Å². The second-order valence-corrected chi connectivity index (χ2v) is 6.76. The molecule has 0 aromatic rings. The van der Waals surface area contributed by atoms with Crippen molar-refractivity contribution in [3.05, 3.63) is 0 Å². The van der Waals surface area contributed by atoms with Crippen molar-refractivity contribution in [3.63, 3.8) is 0 Å². The number of nitrogens with zero attached hydrogens (tertiary/aromatic N) is 1. The van der Waals surface area contributed by atoms with Crippen molar-refractivity contribution in [2.24, 2.45) is 17.1 Å². The molecule has 2 aliphatic rings. The molecule has 0 aromatic heterocycles. The van der Waals surface area contributed by atoms with Crippen LogP contribution in [0.3, 0.4) is 0 Å². The molecule has 2 nitrogen and oxygen atoms in total. The van der Waals surface area contributed by atoms with E-state index in [0.717, 1.165) is 12.5 Å². The minimum absolute atomic E-state index is 0.501. The molecule has 0 spiro atoms. The molecule has 1 heterocycles. The van der Waals surface area contributed by atoms with Crippen LogP contribution in [0.25, 0.3) is 0 Å². The van der Waals surface area contributed by atoms with Gasteiger partial charge in [-0.3, -0.25) is 0 Å². The Bertz CT molecular complexity index is 233. The van der Waals surface area contributed by atoms with E-state index in [1.165, 1.54) is 77.4 Å². The van der Waals surface area contributed by atoms with Gasteiger partial charge in [0.1, 0.15) is 0 Å². The highest BCUT2D eigenvalue weighted by atomic mass is 15.1. The second-order valence-electron chi connectivity index (χ2n) is 6.76. The minimum Gasteiger partial charge on any atom is -0.330 e. The lowest BCUT2D eigenvalue weighted by Crippen LogP contribution is -2.36. The smallest absolute Gasteiger partial charge is 0.00101 e. The van der Waals surface area contributed by atoms with E-state index in [9.17, 15) is 0 Å². The number of likely N-dealkylation sites (tertiary alicyclic amines) is 1. The van der Waals surface area contributed by atoms with Crippen LogP contribution in [0, 0.1) is 11.3 Å². The highest BCUT2D eigenvalue weighted by Crippen LogP contribution is 2.38. The number of rotatable bonds is 6. The van der Waals surface area contributed by atoms with Crippen molar-refractivity contribution in [2.45, 2.75) is 64.7 Å². The van der Waals surface area contributed by atoms with Crippen LogP contribution in [-0.4, -0.2) is 31.1 Å². The fraction of sp³-hybridized carbons (Fsp3) is 1.00. The predicted octanol–water partition coefficient (Wildman–Crippen LogP) is 3.41. The quantitative estimate of drug-likeness (QED) is 0.785. The largest absolute Gasteiger partial charge is 0.330 e. The highest BCUT2D eigenvalue weighted by molar-refractivity contribution is 4.86. The average Bonchev–Trinajstić information content (AvgIpc) is 2.86. The van der Waals surface area contributed by atoms with Crippen molar-refractivity contribution in [1.29, 1.82) is 0 Å². The van der Waals surface area contributed by atoms with E-state index in [-0.39, 0.29) is 0 Å². The third-order valence-corrected chi connectivity index (χ3v) is 5.37. The number of hydrogen-bond acceptors (Lipinski definition) is 2. The summed E-state index contributed by atoms with van der Waals surface area (Å²) in [5.74, 6) is 0.982. The molecule has 1 aliphatic carbocycles. The Labute approximate surface area is 113 Å². The molecule has 0 bridgehead atoms. The molecule has 2 fully saturated rings. The molecule has 2 rings (SSSR count). The maximum absolute atomic E-state index is 6.08. The summed E-state index contributed by atoms with van der Waals surface area (Å²) in [6, 6.07) is 0. The summed E-state index contributed by atoms with van der Waals surface area (Å²) in [6.07, 6.45) is 12.6. The Balaban J connectivity index is 1.73. The summed E-state index contributed by atoms with van der Waals surface area (Å²) in [5.41, 5.74) is 6.58. The van der Waals surface area contributed by atoms with E-state index < -0.39 is 0 Å². The zero-order valence-corrected chi connectivity index (χ0v) is 12.3. The third-order valence-electron chi connectivity index (χ3n) is 5.37. The van der Waals surface area contributed by atoms with Crippen molar-refractivity contribution < 1.29 is 0 Å². The molecule has 2 heteroatoms. The Kier molecular flexibility index (Phi) is 5.50. The lowest BCUT2D eigenvalue weighted by Gasteiger charge is -2.37. The molecular formula is C16H32N2. The molecule has 2 N–H and O–H groups in total. The highest BCUT2D eigenvalue weighted by Gasteiger charge is 2.31. The molecule has 1 saturated carbocycles. The molecule has 0 radical (unpaired) electrons. The van der Waals surface area contributed by atoms with E-state index in [4.69, 9.17) is 5.73 Å². The zero-order chi connectivity index (χ0) is 12.8. The SMILES string of the molecule is CCCC1CCN(CCC2(CN)CCCCC2)C1. The van der Waals surface area contributed by atoms with Crippen LogP contribution in [0.15, 0.2) is 0 Å². The fourth-order valence-electron chi connectivity index (χ4n) is 4.01. The molecule has 1 atom stereocenters. The fourth-order valence-corrected chi connectivity index (χ4v) is 4.01. The second kappa shape index (κ2) is 6.91. The predicted molar refractivity (Wildman–Crippen MR) is 78.6 cm³/mol. The summed E-state index contributed by atoms with van der Waals surface area (Å²) < 4.78 is 0. The topological polar surface area (TPSA) is 29.3 Å². The van der Waals surface area contributed by atoms with Gasteiger partial charge in [-0.1, -0.05) is 32.6 Å². The van der Waals surface area contributed by atoms with Crippen LogP contribution in [0.4, 0.5) is 0 Å². The van der Waals surface area contributed by atoms with Crippen LogP contribution in [0.1, 0.15) is 64.7 Å². The van der Waals surface area contributed by atoms with E-state index in [2.05, 4.69) is 11.8 Å². The zero-order valence-electron chi connectivity index (χ0n) is 12.3. The van der Waals surface area contributed by atoms with Crippen molar-refractivity contribution in [3.8, 4) is 0 Å². The normalized spacial score (nSPS) is 28.7. The van der Waals surface area contributed by atoms with Gasteiger partial charge in [0.15, 0.2) is 0 Å². The van der Waals surface area contributed by atoms with Gasteiger partial charge < -0.3 is 10.6 Å². The molecule has 106 valence electrons. The minimum atomic E-state index is 0.501. The Morgan fingerprint density at radius 2 is 2.00 bits per heavy atom. The van der Waals surface area contributed by atoms with Gasteiger partial charge >= 0.3 is 0 Å². The number of hydrogen-bond donors (Lipinski definition) is 1.